The zero-order chi connectivity index (χ0) is 19.8. The van der Waals surface area contributed by atoms with Crippen molar-refractivity contribution in [2.24, 2.45) is 0 Å². The van der Waals surface area contributed by atoms with Crippen molar-refractivity contribution in [1.29, 1.82) is 0 Å². The summed E-state index contributed by atoms with van der Waals surface area (Å²) in [6.07, 6.45) is -0.655. The number of carbonyl (C=O) groups is 2. The highest BCUT2D eigenvalue weighted by atomic mass is 19.1. The largest absolute Gasteiger partial charge is 0.481 e. The van der Waals surface area contributed by atoms with Crippen LogP contribution in [0.1, 0.15) is 42.6 Å². The number of nitrogens with one attached hydrogen (secondary N) is 2. The molecule has 5 nitrogen and oxygen atoms in total. The minimum atomic E-state index is -0.655. The van der Waals surface area contributed by atoms with Crippen LogP contribution in [0.15, 0.2) is 48.5 Å². The predicted molar refractivity (Wildman–Crippen MR) is 102 cm³/mol. The lowest BCUT2D eigenvalue weighted by Gasteiger charge is -2.18. The van der Waals surface area contributed by atoms with Gasteiger partial charge in [-0.15, -0.1) is 0 Å². The zero-order valence-electron chi connectivity index (χ0n) is 15.8. The molecule has 0 aliphatic carbocycles. The van der Waals surface area contributed by atoms with Gasteiger partial charge in [0.25, 0.3) is 11.8 Å². The first kappa shape index (κ1) is 20.4. The normalized spacial score (nSPS) is 11.7. The molecule has 0 radical (unpaired) electrons. The Labute approximate surface area is 158 Å². The van der Waals surface area contributed by atoms with E-state index in [1.54, 1.807) is 6.92 Å². The van der Waals surface area contributed by atoms with Gasteiger partial charge in [-0.1, -0.05) is 32.0 Å². The molecule has 27 heavy (non-hydrogen) atoms. The Bertz CT molecular complexity index is 775. The van der Waals surface area contributed by atoms with Crippen LogP contribution in [0, 0.1) is 5.82 Å². The number of rotatable bonds is 8. The molecular formula is C21H25FN2O3. The van der Waals surface area contributed by atoms with E-state index in [1.165, 1.54) is 24.3 Å². The molecule has 1 unspecified atom stereocenters. The number of hydrogen-bond acceptors (Lipinski definition) is 3. The van der Waals surface area contributed by atoms with Crippen molar-refractivity contribution in [3.8, 4) is 5.75 Å². The van der Waals surface area contributed by atoms with E-state index in [9.17, 15) is 14.0 Å². The molecule has 2 rings (SSSR count). The third kappa shape index (κ3) is 6.09. The monoisotopic (exact) mass is 372 g/mol. The van der Waals surface area contributed by atoms with Gasteiger partial charge in [0.15, 0.2) is 6.10 Å². The molecule has 0 bridgehead atoms. The summed E-state index contributed by atoms with van der Waals surface area (Å²) in [5, 5.41) is 5.40. The Morgan fingerprint density at radius 1 is 0.963 bits per heavy atom. The van der Waals surface area contributed by atoms with Gasteiger partial charge in [-0.05, 0) is 48.7 Å². The Morgan fingerprint density at radius 3 is 2.26 bits per heavy atom. The topological polar surface area (TPSA) is 67.4 Å². The molecule has 6 heteroatoms. The lowest BCUT2D eigenvalue weighted by Crippen LogP contribution is -2.40. The summed E-state index contributed by atoms with van der Waals surface area (Å²) in [7, 11) is 0. The number of benzene rings is 2. The second kappa shape index (κ2) is 9.71. The molecule has 0 fully saturated rings. The molecule has 0 spiro atoms. The van der Waals surface area contributed by atoms with E-state index in [-0.39, 0.29) is 30.8 Å². The maximum absolute atomic E-state index is 12.9. The molecule has 2 amide bonds. The Balaban J connectivity index is 1.77. The number of para-hydroxylation sites is 1. The lowest BCUT2D eigenvalue weighted by atomic mass is 10.0. The number of carbonyl (C=O) groups excluding carboxylic acids is 2. The number of hydrogen-bond donors (Lipinski definition) is 2. The Morgan fingerprint density at radius 2 is 1.59 bits per heavy atom. The van der Waals surface area contributed by atoms with Gasteiger partial charge >= 0.3 is 0 Å². The van der Waals surface area contributed by atoms with E-state index in [0.29, 0.717) is 11.3 Å². The molecule has 0 saturated carbocycles. The van der Waals surface area contributed by atoms with Gasteiger partial charge in [-0.2, -0.15) is 0 Å². The molecule has 144 valence electrons. The van der Waals surface area contributed by atoms with Crippen LogP contribution in [-0.4, -0.2) is 31.0 Å². The Kier molecular flexibility index (Phi) is 7.34. The fourth-order valence-electron chi connectivity index (χ4n) is 2.52. The van der Waals surface area contributed by atoms with Crippen LogP contribution in [0.4, 0.5) is 4.39 Å². The van der Waals surface area contributed by atoms with Crippen LogP contribution in [0.2, 0.25) is 0 Å². The van der Waals surface area contributed by atoms with Crippen molar-refractivity contribution in [2.75, 3.05) is 13.1 Å². The van der Waals surface area contributed by atoms with Crippen molar-refractivity contribution in [2.45, 2.75) is 32.8 Å². The maximum Gasteiger partial charge on any atom is 0.260 e. The minimum Gasteiger partial charge on any atom is -0.481 e. The smallest absolute Gasteiger partial charge is 0.260 e. The van der Waals surface area contributed by atoms with Crippen LogP contribution in [0.3, 0.4) is 0 Å². The summed E-state index contributed by atoms with van der Waals surface area (Å²) in [4.78, 5) is 24.1. The molecule has 2 aromatic rings. The third-order valence-electron chi connectivity index (χ3n) is 4.03. The molecule has 0 heterocycles. The highest BCUT2D eigenvalue weighted by Gasteiger charge is 2.16. The fraction of sp³-hybridized carbons (Fsp3) is 0.333. The first-order valence-corrected chi connectivity index (χ1v) is 8.95. The van der Waals surface area contributed by atoms with E-state index < -0.39 is 11.9 Å². The van der Waals surface area contributed by atoms with Crippen LogP contribution in [-0.2, 0) is 4.79 Å². The van der Waals surface area contributed by atoms with Gasteiger partial charge in [0.1, 0.15) is 11.6 Å². The standard InChI is InChI=1S/C21H25FN2O3/c1-14(2)18-6-4-5-7-19(18)27-15(3)20(25)23-12-13-24-21(26)16-8-10-17(22)11-9-16/h4-11,14-15H,12-13H2,1-3H3,(H,23,25)(H,24,26). The molecule has 0 aliphatic heterocycles. The SMILES string of the molecule is CC(Oc1ccccc1C(C)C)C(=O)NCCNC(=O)c1ccc(F)cc1. The lowest BCUT2D eigenvalue weighted by molar-refractivity contribution is -0.127. The average molecular weight is 372 g/mol. The minimum absolute atomic E-state index is 0.260. The van der Waals surface area contributed by atoms with E-state index in [2.05, 4.69) is 24.5 Å². The van der Waals surface area contributed by atoms with Gasteiger partial charge in [0, 0.05) is 18.7 Å². The van der Waals surface area contributed by atoms with Crippen molar-refractivity contribution in [1.82, 2.24) is 10.6 Å². The first-order chi connectivity index (χ1) is 12.9. The average Bonchev–Trinajstić information content (AvgIpc) is 2.65. The molecule has 2 aromatic carbocycles. The van der Waals surface area contributed by atoms with Crippen molar-refractivity contribution < 1.29 is 18.7 Å². The van der Waals surface area contributed by atoms with E-state index in [1.807, 2.05) is 24.3 Å². The second-order valence-electron chi connectivity index (χ2n) is 6.51. The molecule has 2 N–H and O–H groups in total. The highest BCUT2D eigenvalue weighted by Crippen LogP contribution is 2.26. The van der Waals surface area contributed by atoms with E-state index in [4.69, 9.17) is 4.74 Å². The van der Waals surface area contributed by atoms with E-state index in [0.717, 1.165) is 5.56 Å². The van der Waals surface area contributed by atoms with Crippen LogP contribution in [0.5, 0.6) is 5.75 Å². The van der Waals surface area contributed by atoms with Gasteiger partial charge in [0.2, 0.25) is 0 Å². The number of ether oxygens (including phenoxy) is 1. The van der Waals surface area contributed by atoms with Gasteiger partial charge in [-0.25, -0.2) is 4.39 Å². The summed E-state index contributed by atoms with van der Waals surface area (Å²) in [6.45, 7) is 6.35. The van der Waals surface area contributed by atoms with Gasteiger partial charge in [0.05, 0.1) is 0 Å². The van der Waals surface area contributed by atoms with Gasteiger partial charge in [-0.3, -0.25) is 9.59 Å². The zero-order valence-corrected chi connectivity index (χ0v) is 15.8. The Hall–Kier alpha value is -2.89. The van der Waals surface area contributed by atoms with Crippen molar-refractivity contribution >= 4 is 11.8 Å². The summed E-state index contributed by atoms with van der Waals surface area (Å²) in [5.74, 6) is 0.00809. The summed E-state index contributed by atoms with van der Waals surface area (Å²) in [5.41, 5.74) is 1.41. The second-order valence-corrected chi connectivity index (χ2v) is 6.51. The molecule has 0 aliphatic rings. The summed E-state index contributed by atoms with van der Waals surface area (Å²) >= 11 is 0. The summed E-state index contributed by atoms with van der Waals surface area (Å²) < 4.78 is 18.6. The van der Waals surface area contributed by atoms with E-state index >= 15 is 0 Å². The van der Waals surface area contributed by atoms with Crippen molar-refractivity contribution in [3.05, 3.63) is 65.5 Å². The van der Waals surface area contributed by atoms with Crippen LogP contribution < -0.4 is 15.4 Å². The fourth-order valence-corrected chi connectivity index (χ4v) is 2.52. The maximum atomic E-state index is 12.9. The molecule has 0 saturated heterocycles. The molecular weight excluding hydrogens is 347 g/mol. The van der Waals surface area contributed by atoms with Crippen molar-refractivity contribution in [3.63, 3.8) is 0 Å². The predicted octanol–water partition coefficient (Wildman–Crippen LogP) is 3.26. The highest BCUT2D eigenvalue weighted by molar-refractivity contribution is 5.94. The number of amides is 2. The first-order valence-electron chi connectivity index (χ1n) is 8.95. The molecule has 1 atom stereocenters. The van der Waals surface area contributed by atoms with Crippen LogP contribution in [0.25, 0.3) is 0 Å². The van der Waals surface area contributed by atoms with Gasteiger partial charge < -0.3 is 15.4 Å². The number of halogens is 1. The quantitative estimate of drug-likeness (QED) is 0.699. The molecule has 0 aromatic heterocycles. The summed E-state index contributed by atoms with van der Waals surface area (Å²) in [6, 6.07) is 12.9. The third-order valence-corrected chi connectivity index (χ3v) is 4.03. The van der Waals surface area contributed by atoms with Crippen LogP contribution >= 0.6 is 0 Å².